The van der Waals surface area contributed by atoms with Gasteiger partial charge in [-0.3, -0.25) is 0 Å². The molecule has 3 fully saturated rings. The molecule has 1 N–H and O–H groups in total. The third-order valence-corrected chi connectivity index (χ3v) is 9.00. The Morgan fingerprint density at radius 2 is 1.33 bits per heavy atom. The number of hydrogen-bond acceptors (Lipinski definition) is 9. The van der Waals surface area contributed by atoms with Gasteiger partial charge in [0, 0.05) is 20.0 Å². The third kappa shape index (κ3) is 20.3. The number of aliphatic hydroxyl groups is 1. The fourth-order valence-corrected chi connectivity index (χ4v) is 6.67. The maximum Gasteiger partial charge on any atom is 0.339 e. The molecule has 0 saturated heterocycles. The van der Waals surface area contributed by atoms with Crippen molar-refractivity contribution in [1.82, 2.24) is 0 Å². The van der Waals surface area contributed by atoms with Crippen molar-refractivity contribution in [2.24, 2.45) is 11.8 Å². The molecule has 0 spiro atoms. The normalized spacial score (nSPS) is 22.9. The number of aliphatic hydroxyl groups excluding tert-OH is 1. The van der Waals surface area contributed by atoms with Gasteiger partial charge in [-0.05, 0) is 118 Å². The Hall–Kier alpha value is -1.46. The van der Waals surface area contributed by atoms with Gasteiger partial charge in [-0.25, -0.2) is 9.59 Å². The van der Waals surface area contributed by atoms with Gasteiger partial charge in [-0.15, -0.1) is 49.5 Å². The second-order valence-electron chi connectivity index (χ2n) is 15.8. The second kappa shape index (κ2) is 26.4. The van der Waals surface area contributed by atoms with Crippen molar-refractivity contribution in [3.63, 3.8) is 0 Å². The number of rotatable bonds is 15. The largest absolute Gasteiger partial charge is 0.458 e. The van der Waals surface area contributed by atoms with Crippen LogP contribution in [0.3, 0.4) is 0 Å². The summed E-state index contributed by atoms with van der Waals surface area (Å²) in [4.78, 5) is 25.4. The van der Waals surface area contributed by atoms with E-state index < -0.39 is 22.4 Å². The minimum Gasteiger partial charge on any atom is -0.458 e. The van der Waals surface area contributed by atoms with Crippen LogP contribution in [0.25, 0.3) is 0 Å². The predicted octanol–water partition coefficient (Wildman–Crippen LogP) is 9.85. The van der Waals surface area contributed by atoms with E-state index in [2.05, 4.69) is 26.3 Å². The van der Waals surface area contributed by atoms with Crippen LogP contribution in [-0.4, -0.2) is 84.1 Å². The number of esters is 2. The number of ether oxygens (including phenoxy) is 6. The average Bonchev–Trinajstić information content (AvgIpc) is 3.56. The van der Waals surface area contributed by atoms with E-state index in [1.165, 1.54) is 0 Å². The van der Waals surface area contributed by atoms with E-state index in [1.54, 1.807) is 19.3 Å². The molecule has 0 bridgehead atoms. The van der Waals surface area contributed by atoms with Crippen molar-refractivity contribution >= 4 is 35.1 Å². The molecule has 0 aromatic rings. The topological polar surface area (TPSA) is 110 Å². The molecule has 4 unspecified atom stereocenters. The summed E-state index contributed by atoms with van der Waals surface area (Å²) >= 11 is 9.53. The Labute approximate surface area is 326 Å². The van der Waals surface area contributed by atoms with Crippen LogP contribution >= 0.6 is 23.2 Å². The predicted molar refractivity (Wildman–Crippen MR) is 212 cm³/mol. The van der Waals surface area contributed by atoms with Crippen molar-refractivity contribution in [3.8, 4) is 0 Å². The molecule has 0 radical (unpaired) electrons. The Morgan fingerprint density at radius 1 is 0.808 bits per heavy atom. The first-order valence-corrected chi connectivity index (χ1v) is 19.9. The first-order chi connectivity index (χ1) is 24.5. The van der Waals surface area contributed by atoms with Crippen LogP contribution in [0.15, 0.2) is 38.5 Å². The fraction of sp³-hybridized carbons (Fsp3) is 0.805. The highest BCUT2D eigenvalue weighted by atomic mass is 35.5. The van der Waals surface area contributed by atoms with Crippen LogP contribution in [-0.2, 0) is 38.0 Å². The molecule has 3 aliphatic carbocycles. The maximum absolute atomic E-state index is 12.9. The molecule has 3 aliphatic rings. The summed E-state index contributed by atoms with van der Waals surface area (Å²) in [5, 5.41) is 9.95. The number of carbonyl (C=O) groups excluding carboxylic acids is 2. The van der Waals surface area contributed by atoms with E-state index in [9.17, 15) is 14.7 Å². The first-order valence-electron chi connectivity index (χ1n) is 18.9. The molecule has 0 aromatic carbocycles. The van der Waals surface area contributed by atoms with Gasteiger partial charge in [0.05, 0.1) is 30.8 Å². The van der Waals surface area contributed by atoms with Crippen LogP contribution in [0.2, 0.25) is 0 Å². The van der Waals surface area contributed by atoms with Crippen molar-refractivity contribution < 1.29 is 43.1 Å². The smallest absolute Gasteiger partial charge is 0.339 e. The van der Waals surface area contributed by atoms with Crippen molar-refractivity contribution in [2.75, 3.05) is 32.5 Å². The number of halogens is 2. The molecular formula is C41H72Cl2O9. The Morgan fingerprint density at radius 3 is 1.81 bits per heavy atom. The molecule has 11 heteroatoms. The highest BCUT2D eigenvalue weighted by molar-refractivity contribution is 6.40. The van der Waals surface area contributed by atoms with Crippen molar-refractivity contribution in [1.29, 1.82) is 0 Å². The van der Waals surface area contributed by atoms with Gasteiger partial charge < -0.3 is 33.5 Å². The molecule has 304 valence electrons. The summed E-state index contributed by atoms with van der Waals surface area (Å²) < 4.78 is 34.2. The number of hydrogen-bond donors (Lipinski definition) is 1. The second-order valence-corrected chi connectivity index (χ2v) is 16.6. The zero-order chi connectivity index (χ0) is 39.8. The van der Waals surface area contributed by atoms with Crippen LogP contribution in [0.5, 0.6) is 0 Å². The highest BCUT2D eigenvalue weighted by Gasteiger charge is 2.46. The SMILES string of the molecule is C=C.C=CCC(CC=C)(OCC1CCCC(OCOC)C1)C(=O)OC(C)(C)C.CC(C)(C)OC(=O)C1(OCC2CCCC(O)C2)CCCC1.ClCCl. The summed E-state index contributed by atoms with van der Waals surface area (Å²) in [6.07, 6.45) is 15.7. The van der Waals surface area contributed by atoms with E-state index in [0.717, 1.165) is 77.0 Å². The van der Waals surface area contributed by atoms with E-state index in [4.69, 9.17) is 51.6 Å². The first kappa shape index (κ1) is 50.5. The Kier molecular flexibility index (Phi) is 25.6. The van der Waals surface area contributed by atoms with E-state index >= 15 is 0 Å². The molecule has 52 heavy (non-hydrogen) atoms. The van der Waals surface area contributed by atoms with Gasteiger partial charge in [0.25, 0.3) is 0 Å². The summed E-state index contributed by atoms with van der Waals surface area (Å²) in [6.45, 7) is 26.2. The maximum atomic E-state index is 12.9. The molecule has 9 nitrogen and oxygen atoms in total. The van der Waals surface area contributed by atoms with Crippen molar-refractivity contribution in [2.45, 2.75) is 166 Å². The lowest BCUT2D eigenvalue weighted by Gasteiger charge is -2.36. The molecular weight excluding hydrogens is 707 g/mol. The number of methoxy groups -OCH3 is 1. The summed E-state index contributed by atoms with van der Waals surface area (Å²) in [7, 11) is 1.63. The lowest BCUT2D eigenvalue weighted by Crippen LogP contribution is -2.46. The van der Waals surface area contributed by atoms with Gasteiger partial charge in [-0.1, -0.05) is 25.0 Å². The molecule has 0 amide bonds. The number of alkyl halides is 2. The van der Waals surface area contributed by atoms with E-state index in [-0.39, 0.29) is 29.5 Å². The van der Waals surface area contributed by atoms with Crippen LogP contribution in [0.4, 0.5) is 0 Å². The molecule has 0 aliphatic heterocycles. The minimum absolute atomic E-state index is 0.187. The minimum atomic E-state index is -1.06. The monoisotopic (exact) mass is 778 g/mol. The molecule has 3 saturated carbocycles. The summed E-state index contributed by atoms with van der Waals surface area (Å²) in [6, 6.07) is 0. The van der Waals surface area contributed by atoms with Crippen LogP contribution < -0.4 is 0 Å². The quantitative estimate of drug-likeness (QED) is 0.0752. The third-order valence-electron chi connectivity index (χ3n) is 9.00. The lowest BCUT2D eigenvalue weighted by atomic mass is 9.87. The Bertz CT molecular complexity index is 991. The van der Waals surface area contributed by atoms with Gasteiger partial charge in [0.2, 0.25) is 0 Å². The van der Waals surface area contributed by atoms with Crippen molar-refractivity contribution in [3.05, 3.63) is 38.5 Å². The summed E-state index contributed by atoms with van der Waals surface area (Å²) in [5.74, 6) is 0.160. The summed E-state index contributed by atoms with van der Waals surface area (Å²) in [5.41, 5.74) is -2.85. The molecule has 0 heterocycles. The molecule has 3 rings (SSSR count). The fourth-order valence-electron chi connectivity index (χ4n) is 6.67. The van der Waals surface area contributed by atoms with Gasteiger partial charge >= 0.3 is 11.9 Å². The zero-order valence-corrected chi connectivity index (χ0v) is 35.0. The highest BCUT2D eigenvalue weighted by Crippen LogP contribution is 2.37. The van der Waals surface area contributed by atoms with E-state index in [1.807, 2.05) is 41.5 Å². The van der Waals surface area contributed by atoms with Gasteiger partial charge in [0.1, 0.15) is 18.0 Å². The lowest BCUT2D eigenvalue weighted by molar-refractivity contribution is -0.186. The van der Waals surface area contributed by atoms with Crippen LogP contribution in [0.1, 0.15) is 131 Å². The van der Waals surface area contributed by atoms with E-state index in [0.29, 0.717) is 44.7 Å². The Balaban J connectivity index is 0.000000903. The zero-order valence-electron chi connectivity index (χ0n) is 33.5. The van der Waals surface area contributed by atoms with Gasteiger partial charge in [0.15, 0.2) is 11.2 Å². The molecule has 4 atom stereocenters. The molecule has 0 aromatic heterocycles. The number of carbonyl (C=O) groups is 2. The van der Waals surface area contributed by atoms with Gasteiger partial charge in [-0.2, -0.15) is 0 Å². The van der Waals surface area contributed by atoms with Crippen LogP contribution in [0, 0.1) is 11.8 Å². The standard InChI is InChI=1S/C21H36O5.C17H30O4.C2H4.CH2Cl2/c1-7-12-21(13-8-2,19(22)26-20(3,4)5)25-15-17-10-9-11-18(14-17)24-16-23-6;1-16(2,3)21-15(19)17(9-4-5-10-17)20-12-13-7-6-8-14(18)11-13;1-2;2-1-3/h7-8,17-18H,1-2,9-16H2,3-6H3;13-14,18H,4-12H2,1-3H3;1-2H2;1H2. The average molecular weight is 780 g/mol.